The summed E-state index contributed by atoms with van der Waals surface area (Å²) < 4.78 is 52.7. The highest BCUT2D eigenvalue weighted by molar-refractivity contribution is 5.57. The number of hydrogen-bond donors (Lipinski definition) is 1. The lowest BCUT2D eigenvalue weighted by atomic mass is 10.1. The van der Waals surface area contributed by atoms with Crippen LogP contribution < -0.4 is 5.32 Å². The van der Waals surface area contributed by atoms with E-state index in [2.05, 4.69) is 15.3 Å². The molecule has 0 fully saturated rings. The highest BCUT2D eigenvalue weighted by Crippen LogP contribution is 2.34. The van der Waals surface area contributed by atoms with Gasteiger partial charge in [-0.05, 0) is 30.7 Å². The Balaban J connectivity index is 2.20. The molecule has 2 heterocycles. The zero-order valence-corrected chi connectivity index (χ0v) is 11.1. The molecule has 0 saturated heterocycles. The summed E-state index contributed by atoms with van der Waals surface area (Å²) in [4.78, 5) is 7.76. The molecule has 0 unspecified atom stereocenters. The van der Waals surface area contributed by atoms with Gasteiger partial charge >= 0.3 is 6.18 Å². The molecule has 0 spiro atoms. The minimum absolute atomic E-state index is 0.0689. The number of aromatic nitrogens is 2. The van der Waals surface area contributed by atoms with E-state index in [9.17, 15) is 17.6 Å². The van der Waals surface area contributed by atoms with E-state index in [0.29, 0.717) is 11.3 Å². The van der Waals surface area contributed by atoms with Crippen LogP contribution in [0.1, 0.15) is 22.5 Å². The van der Waals surface area contributed by atoms with Crippen LogP contribution in [-0.2, 0) is 19.3 Å². The Morgan fingerprint density at radius 2 is 1.86 bits per heavy atom. The van der Waals surface area contributed by atoms with Gasteiger partial charge in [-0.2, -0.15) is 13.2 Å². The molecule has 1 N–H and O–H groups in total. The van der Waals surface area contributed by atoms with Gasteiger partial charge in [0.2, 0.25) is 0 Å². The van der Waals surface area contributed by atoms with E-state index < -0.39 is 17.7 Å². The lowest BCUT2D eigenvalue weighted by molar-refractivity contribution is -0.141. The number of nitrogens with zero attached hydrogens (tertiary/aromatic N) is 2. The van der Waals surface area contributed by atoms with Crippen molar-refractivity contribution in [3.05, 3.63) is 46.5 Å². The molecule has 1 aromatic heterocycles. The van der Waals surface area contributed by atoms with Crippen molar-refractivity contribution in [2.45, 2.75) is 26.2 Å². The number of aryl methyl sites for hydroxylation is 1. The summed E-state index contributed by atoms with van der Waals surface area (Å²) in [5, 5.41) is 2.83. The molecule has 7 heteroatoms. The van der Waals surface area contributed by atoms with Crippen LogP contribution in [0.3, 0.4) is 0 Å². The molecule has 1 aliphatic heterocycles. The molecule has 3 rings (SSSR count). The summed E-state index contributed by atoms with van der Waals surface area (Å²) in [5.74, 6) is -0.631. The summed E-state index contributed by atoms with van der Waals surface area (Å²) in [6, 6.07) is 3.99. The first-order chi connectivity index (χ1) is 9.84. The van der Waals surface area contributed by atoms with E-state index in [4.69, 9.17) is 0 Å². The van der Waals surface area contributed by atoms with E-state index in [1.165, 1.54) is 6.07 Å². The quantitative estimate of drug-likeness (QED) is 0.821. The number of benzene rings is 1. The Morgan fingerprint density at radius 1 is 1.10 bits per heavy atom. The van der Waals surface area contributed by atoms with E-state index in [0.717, 1.165) is 6.07 Å². The Bertz CT molecular complexity index is 690. The molecule has 0 radical (unpaired) electrons. The van der Waals surface area contributed by atoms with Crippen molar-refractivity contribution in [3.63, 3.8) is 0 Å². The maximum absolute atomic E-state index is 13.4. The molecule has 21 heavy (non-hydrogen) atoms. The van der Waals surface area contributed by atoms with Gasteiger partial charge in [-0.3, -0.25) is 0 Å². The lowest BCUT2D eigenvalue weighted by Gasteiger charge is -2.12. The highest BCUT2D eigenvalue weighted by Gasteiger charge is 2.38. The van der Waals surface area contributed by atoms with E-state index in [1.807, 2.05) is 0 Å². The van der Waals surface area contributed by atoms with Crippen molar-refractivity contribution < 1.29 is 17.6 Å². The fourth-order valence-electron chi connectivity index (χ4n) is 2.40. The van der Waals surface area contributed by atoms with Gasteiger partial charge in [0.1, 0.15) is 5.82 Å². The summed E-state index contributed by atoms with van der Waals surface area (Å²) >= 11 is 0. The summed E-state index contributed by atoms with van der Waals surface area (Å²) in [5.41, 5.74) is 0.275. The van der Waals surface area contributed by atoms with Crippen molar-refractivity contribution in [3.8, 4) is 11.4 Å². The van der Waals surface area contributed by atoms with Crippen LogP contribution in [0, 0.1) is 12.7 Å². The molecular formula is C14H11F4N3. The third-order valence-corrected chi connectivity index (χ3v) is 3.26. The smallest absolute Gasteiger partial charge is 0.307 e. The van der Waals surface area contributed by atoms with Gasteiger partial charge in [0.15, 0.2) is 11.5 Å². The summed E-state index contributed by atoms with van der Waals surface area (Å²) in [6.45, 7) is 2.00. The average Bonchev–Trinajstić information content (AvgIpc) is 2.82. The highest BCUT2D eigenvalue weighted by atomic mass is 19.4. The molecular weight excluding hydrogens is 286 g/mol. The molecule has 0 amide bonds. The van der Waals surface area contributed by atoms with Crippen molar-refractivity contribution in [2.75, 3.05) is 0 Å². The maximum atomic E-state index is 13.4. The fraction of sp³-hybridized carbons (Fsp3) is 0.286. The number of halogens is 4. The molecule has 0 atom stereocenters. The molecule has 3 nitrogen and oxygen atoms in total. The number of hydrogen-bond acceptors (Lipinski definition) is 3. The first-order valence-electron chi connectivity index (χ1n) is 6.30. The Kier molecular flexibility index (Phi) is 3.16. The molecule has 0 bridgehead atoms. The van der Waals surface area contributed by atoms with Crippen LogP contribution in [0.2, 0.25) is 0 Å². The second kappa shape index (κ2) is 4.77. The summed E-state index contributed by atoms with van der Waals surface area (Å²) in [6.07, 6.45) is -4.56. The van der Waals surface area contributed by atoms with Crippen LogP contribution in [0.5, 0.6) is 0 Å². The van der Waals surface area contributed by atoms with Crippen LogP contribution in [0.4, 0.5) is 17.6 Å². The van der Waals surface area contributed by atoms with Gasteiger partial charge < -0.3 is 5.32 Å². The van der Waals surface area contributed by atoms with Crippen LogP contribution >= 0.6 is 0 Å². The van der Waals surface area contributed by atoms with E-state index >= 15 is 0 Å². The minimum Gasteiger partial charge on any atom is -0.307 e. The third-order valence-electron chi connectivity index (χ3n) is 3.26. The van der Waals surface area contributed by atoms with Crippen molar-refractivity contribution >= 4 is 0 Å². The predicted molar refractivity (Wildman–Crippen MR) is 67.7 cm³/mol. The number of fused-ring (bicyclic) bond motifs is 1. The zero-order valence-electron chi connectivity index (χ0n) is 11.1. The minimum atomic E-state index is -4.56. The van der Waals surface area contributed by atoms with Gasteiger partial charge in [0.25, 0.3) is 0 Å². The van der Waals surface area contributed by atoms with Crippen molar-refractivity contribution in [1.29, 1.82) is 0 Å². The fourth-order valence-corrected chi connectivity index (χ4v) is 2.40. The Labute approximate surface area is 118 Å². The van der Waals surface area contributed by atoms with E-state index in [1.54, 1.807) is 13.0 Å². The van der Waals surface area contributed by atoms with Crippen LogP contribution in [-0.4, -0.2) is 9.97 Å². The number of alkyl halides is 3. The van der Waals surface area contributed by atoms with Crippen LogP contribution in [0.15, 0.2) is 18.2 Å². The van der Waals surface area contributed by atoms with E-state index in [-0.39, 0.29) is 30.0 Å². The molecule has 1 aliphatic rings. The SMILES string of the molecule is Cc1cc(F)cc(-c2nc3c(c(C(F)(F)F)n2)CNC3)c1. The average molecular weight is 297 g/mol. The van der Waals surface area contributed by atoms with Gasteiger partial charge in [-0.25, -0.2) is 14.4 Å². The molecule has 1 aromatic carbocycles. The van der Waals surface area contributed by atoms with Gasteiger partial charge in [-0.15, -0.1) is 0 Å². The number of rotatable bonds is 1. The second-order valence-electron chi connectivity index (χ2n) is 4.94. The first kappa shape index (κ1) is 13.9. The van der Waals surface area contributed by atoms with Crippen molar-refractivity contribution in [1.82, 2.24) is 15.3 Å². The largest absolute Gasteiger partial charge is 0.433 e. The first-order valence-corrected chi connectivity index (χ1v) is 6.30. The Hall–Kier alpha value is -2.02. The predicted octanol–water partition coefficient (Wildman–Crippen LogP) is 3.21. The monoisotopic (exact) mass is 297 g/mol. The van der Waals surface area contributed by atoms with Gasteiger partial charge in [-0.1, -0.05) is 0 Å². The lowest BCUT2D eigenvalue weighted by Crippen LogP contribution is -2.14. The van der Waals surface area contributed by atoms with Crippen molar-refractivity contribution in [2.24, 2.45) is 0 Å². The maximum Gasteiger partial charge on any atom is 0.433 e. The summed E-state index contributed by atoms with van der Waals surface area (Å²) in [7, 11) is 0. The standard InChI is InChI=1S/C14H11F4N3/c1-7-2-8(4-9(15)3-7)13-20-11-6-19-5-10(11)12(21-13)14(16,17)18/h2-4,19H,5-6H2,1H3. The van der Waals surface area contributed by atoms with Gasteiger partial charge in [0.05, 0.1) is 5.69 Å². The normalized spacial score (nSPS) is 14.3. The Morgan fingerprint density at radius 3 is 2.52 bits per heavy atom. The zero-order chi connectivity index (χ0) is 15.2. The number of nitrogens with one attached hydrogen (secondary N) is 1. The molecule has 2 aromatic rings. The molecule has 0 aliphatic carbocycles. The topological polar surface area (TPSA) is 37.8 Å². The van der Waals surface area contributed by atoms with Gasteiger partial charge in [0, 0.05) is 24.2 Å². The second-order valence-corrected chi connectivity index (χ2v) is 4.94. The van der Waals surface area contributed by atoms with Crippen LogP contribution in [0.25, 0.3) is 11.4 Å². The molecule has 110 valence electrons. The third kappa shape index (κ3) is 2.61. The molecule has 0 saturated carbocycles.